The first-order chi connectivity index (χ1) is 11.1. The number of ether oxygens (including phenoxy) is 3. The molecule has 1 rings (SSSR count). The van der Waals surface area contributed by atoms with Crippen molar-refractivity contribution in [1.29, 1.82) is 0 Å². The van der Waals surface area contributed by atoms with Crippen molar-refractivity contribution < 1.29 is 14.2 Å². The van der Waals surface area contributed by atoms with Gasteiger partial charge < -0.3 is 19.5 Å². The smallest absolute Gasteiger partial charge is 0.186 e. The summed E-state index contributed by atoms with van der Waals surface area (Å²) in [6.07, 6.45) is 0.894. The van der Waals surface area contributed by atoms with Crippen molar-refractivity contribution in [1.82, 2.24) is 10.7 Å². The SMILES string of the molecule is CCOCCCNC(=S)N/N=C(/C)c1ccc(OC)cc1OC. The number of nitrogens with one attached hydrogen (secondary N) is 2. The summed E-state index contributed by atoms with van der Waals surface area (Å²) < 4.78 is 15.8. The minimum atomic E-state index is 0.480. The van der Waals surface area contributed by atoms with Gasteiger partial charge >= 0.3 is 0 Å². The number of thiocarbonyl (C=S) groups is 1. The van der Waals surface area contributed by atoms with Crippen LogP contribution in [0.3, 0.4) is 0 Å². The molecule has 7 heteroatoms. The van der Waals surface area contributed by atoms with Crippen LogP contribution in [0.2, 0.25) is 0 Å². The van der Waals surface area contributed by atoms with Crippen LogP contribution in [0, 0.1) is 0 Å². The Morgan fingerprint density at radius 1 is 1.26 bits per heavy atom. The van der Waals surface area contributed by atoms with Crippen LogP contribution in [-0.2, 0) is 4.74 Å². The number of hydrogen-bond donors (Lipinski definition) is 2. The third-order valence-corrected chi connectivity index (χ3v) is 3.31. The third-order valence-electron chi connectivity index (χ3n) is 3.08. The third kappa shape index (κ3) is 6.83. The molecule has 0 atom stereocenters. The van der Waals surface area contributed by atoms with E-state index in [9.17, 15) is 0 Å². The van der Waals surface area contributed by atoms with Gasteiger partial charge in [0.15, 0.2) is 5.11 Å². The van der Waals surface area contributed by atoms with E-state index in [1.165, 1.54) is 0 Å². The molecule has 0 fully saturated rings. The average Bonchev–Trinajstić information content (AvgIpc) is 2.58. The van der Waals surface area contributed by atoms with Gasteiger partial charge in [-0.05, 0) is 44.6 Å². The van der Waals surface area contributed by atoms with Crippen LogP contribution < -0.4 is 20.2 Å². The van der Waals surface area contributed by atoms with Crippen LogP contribution in [-0.4, -0.2) is 44.8 Å². The average molecular weight is 339 g/mol. The first-order valence-electron chi connectivity index (χ1n) is 7.50. The molecule has 0 aliphatic heterocycles. The van der Waals surface area contributed by atoms with Crippen molar-refractivity contribution in [2.24, 2.45) is 5.10 Å². The molecule has 0 saturated carbocycles. The topological polar surface area (TPSA) is 64.1 Å². The molecule has 128 valence electrons. The van der Waals surface area contributed by atoms with Gasteiger partial charge in [-0.2, -0.15) is 5.10 Å². The number of rotatable bonds is 9. The van der Waals surface area contributed by atoms with Crippen LogP contribution in [0.25, 0.3) is 0 Å². The summed E-state index contributed by atoms with van der Waals surface area (Å²) >= 11 is 5.18. The number of hydrogen-bond acceptors (Lipinski definition) is 5. The van der Waals surface area contributed by atoms with Gasteiger partial charge in [0.05, 0.1) is 19.9 Å². The van der Waals surface area contributed by atoms with Crippen LogP contribution in [0.4, 0.5) is 0 Å². The zero-order valence-electron chi connectivity index (χ0n) is 14.1. The molecule has 0 amide bonds. The van der Waals surface area contributed by atoms with Gasteiger partial charge in [0.1, 0.15) is 11.5 Å². The van der Waals surface area contributed by atoms with E-state index in [0.29, 0.717) is 10.9 Å². The Hall–Kier alpha value is -1.86. The molecule has 0 radical (unpaired) electrons. The molecule has 1 aromatic carbocycles. The highest BCUT2D eigenvalue weighted by Gasteiger charge is 2.08. The van der Waals surface area contributed by atoms with Crippen LogP contribution in [0.5, 0.6) is 11.5 Å². The molecule has 0 aliphatic carbocycles. The summed E-state index contributed by atoms with van der Waals surface area (Å²) in [7, 11) is 3.23. The zero-order chi connectivity index (χ0) is 17.1. The first-order valence-corrected chi connectivity index (χ1v) is 7.91. The fraction of sp³-hybridized carbons (Fsp3) is 0.500. The second-order valence-corrected chi connectivity index (χ2v) is 5.09. The molecule has 0 aromatic heterocycles. The molecule has 23 heavy (non-hydrogen) atoms. The predicted octanol–water partition coefficient (Wildman–Crippen LogP) is 2.32. The molecule has 0 saturated heterocycles. The van der Waals surface area contributed by atoms with Gasteiger partial charge in [-0.3, -0.25) is 5.43 Å². The maximum atomic E-state index is 5.37. The van der Waals surface area contributed by atoms with Crippen molar-refractivity contribution in [3.63, 3.8) is 0 Å². The van der Waals surface area contributed by atoms with E-state index in [-0.39, 0.29) is 0 Å². The minimum Gasteiger partial charge on any atom is -0.497 e. The standard InChI is InChI=1S/C16H25N3O3S/c1-5-22-10-6-9-17-16(23)19-18-12(2)14-8-7-13(20-3)11-15(14)21-4/h7-8,11H,5-6,9-10H2,1-4H3,(H2,17,19,23)/b18-12-. The van der Waals surface area contributed by atoms with Crippen molar-refractivity contribution in [3.8, 4) is 11.5 Å². The van der Waals surface area contributed by atoms with E-state index in [4.69, 9.17) is 26.4 Å². The highest BCUT2D eigenvalue weighted by atomic mass is 32.1. The van der Waals surface area contributed by atoms with E-state index in [0.717, 1.165) is 43.2 Å². The lowest BCUT2D eigenvalue weighted by atomic mass is 10.1. The summed E-state index contributed by atoms with van der Waals surface area (Å²) in [6, 6.07) is 5.58. The van der Waals surface area contributed by atoms with Gasteiger partial charge in [0, 0.05) is 31.4 Å². The molecule has 0 aliphatic rings. The number of methoxy groups -OCH3 is 2. The molecule has 2 N–H and O–H groups in total. The summed E-state index contributed by atoms with van der Waals surface area (Å²) in [4.78, 5) is 0. The summed E-state index contributed by atoms with van der Waals surface area (Å²) in [5.41, 5.74) is 4.47. The quantitative estimate of drug-likeness (QED) is 0.312. The highest BCUT2D eigenvalue weighted by molar-refractivity contribution is 7.80. The Balaban J connectivity index is 2.55. The van der Waals surface area contributed by atoms with E-state index in [1.54, 1.807) is 14.2 Å². The van der Waals surface area contributed by atoms with E-state index in [1.807, 2.05) is 32.0 Å². The Kier molecular flexibility index (Phi) is 9.01. The predicted molar refractivity (Wildman–Crippen MR) is 96.6 cm³/mol. The normalized spacial score (nSPS) is 11.0. The lowest BCUT2D eigenvalue weighted by Gasteiger charge is -2.11. The van der Waals surface area contributed by atoms with Crippen molar-refractivity contribution in [2.75, 3.05) is 34.0 Å². The molecule has 6 nitrogen and oxygen atoms in total. The van der Waals surface area contributed by atoms with Gasteiger partial charge in [0.25, 0.3) is 0 Å². The fourth-order valence-electron chi connectivity index (χ4n) is 1.85. The summed E-state index contributed by atoms with van der Waals surface area (Å²) in [6.45, 7) is 6.05. The van der Waals surface area contributed by atoms with Crippen molar-refractivity contribution >= 4 is 23.0 Å². The van der Waals surface area contributed by atoms with E-state index in [2.05, 4.69) is 15.8 Å². The maximum absolute atomic E-state index is 5.37. The van der Waals surface area contributed by atoms with Gasteiger partial charge in [0.2, 0.25) is 0 Å². The second kappa shape index (κ2) is 10.8. The largest absolute Gasteiger partial charge is 0.497 e. The molecule has 0 unspecified atom stereocenters. The minimum absolute atomic E-state index is 0.480. The van der Waals surface area contributed by atoms with Gasteiger partial charge in [-0.1, -0.05) is 0 Å². The van der Waals surface area contributed by atoms with Crippen LogP contribution >= 0.6 is 12.2 Å². The molecule has 1 aromatic rings. The molecule has 0 bridgehead atoms. The second-order valence-electron chi connectivity index (χ2n) is 4.68. The Morgan fingerprint density at radius 3 is 2.70 bits per heavy atom. The Bertz CT molecular complexity index is 535. The maximum Gasteiger partial charge on any atom is 0.186 e. The molecule has 0 spiro atoms. The number of benzene rings is 1. The molecule has 0 heterocycles. The Labute approximate surface area is 143 Å². The summed E-state index contributed by atoms with van der Waals surface area (Å²) in [5.74, 6) is 1.43. The highest BCUT2D eigenvalue weighted by Crippen LogP contribution is 2.24. The number of hydrazone groups is 1. The zero-order valence-corrected chi connectivity index (χ0v) is 15.0. The van der Waals surface area contributed by atoms with Crippen LogP contribution in [0.15, 0.2) is 23.3 Å². The first kappa shape index (κ1) is 19.2. The molecular formula is C16H25N3O3S. The molecular weight excluding hydrogens is 314 g/mol. The van der Waals surface area contributed by atoms with E-state index >= 15 is 0 Å². The summed E-state index contributed by atoms with van der Waals surface area (Å²) in [5, 5.41) is 7.84. The lowest BCUT2D eigenvalue weighted by molar-refractivity contribution is 0.145. The monoisotopic (exact) mass is 339 g/mol. The lowest BCUT2D eigenvalue weighted by Crippen LogP contribution is -2.33. The Morgan fingerprint density at radius 2 is 2.04 bits per heavy atom. The van der Waals surface area contributed by atoms with Gasteiger partial charge in [-0.25, -0.2) is 0 Å². The fourth-order valence-corrected chi connectivity index (χ4v) is 2.00. The van der Waals surface area contributed by atoms with E-state index < -0.39 is 0 Å². The van der Waals surface area contributed by atoms with Crippen LogP contribution in [0.1, 0.15) is 25.8 Å². The number of nitrogens with zero attached hydrogens (tertiary/aromatic N) is 1. The van der Waals surface area contributed by atoms with Gasteiger partial charge in [-0.15, -0.1) is 0 Å². The van der Waals surface area contributed by atoms with Crippen molar-refractivity contribution in [2.45, 2.75) is 20.3 Å². The van der Waals surface area contributed by atoms with Crippen molar-refractivity contribution in [3.05, 3.63) is 23.8 Å².